The van der Waals surface area contributed by atoms with Crippen LogP contribution >= 0.6 is 34.7 Å². The highest BCUT2D eigenvalue weighted by Gasteiger charge is 2.22. The van der Waals surface area contributed by atoms with E-state index >= 15 is 0 Å². The zero-order valence-electron chi connectivity index (χ0n) is 12.2. The topological polar surface area (TPSA) is 20.3 Å². The second kappa shape index (κ2) is 7.53. The molecule has 0 bridgehead atoms. The van der Waals surface area contributed by atoms with Gasteiger partial charge in [-0.25, -0.2) is 0 Å². The van der Waals surface area contributed by atoms with Crippen LogP contribution in [0.15, 0.2) is 41.8 Å². The molecule has 0 unspecified atom stereocenters. The Morgan fingerprint density at radius 1 is 1.23 bits per heavy atom. The Hall–Kier alpha value is -0.970. The fourth-order valence-corrected chi connectivity index (χ4v) is 5.08. The van der Waals surface area contributed by atoms with Crippen molar-refractivity contribution in [3.63, 3.8) is 0 Å². The highest BCUT2D eigenvalue weighted by atomic mass is 35.5. The average molecular weight is 352 g/mol. The van der Waals surface area contributed by atoms with E-state index in [-0.39, 0.29) is 5.91 Å². The van der Waals surface area contributed by atoms with E-state index in [0.717, 1.165) is 30.8 Å². The van der Waals surface area contributed by atoms with Crippen LogP contribution in [0.3, 0.4) is 0 Å². The number of hydrogen-bond acceptors (Lipinski definition) is 3. The molecule has 0 N–H and O–H groups in total. The molecule has 0 aliphatic carbocycles. The van der Waals surface area contributed by atoms with Crippen LogP contribution in [0.1, 0.15) is 22.1 Å². The summed E-state index contributed by atoms with van der Waals surface area (Å²) in [6, 6.07) is 11.9. The summed E-state index contributed by atoms with van der Waals surface area (Å²) >= 11 is 9.93. The fraction of sp³-hybridized carbons (Fsp3) is 0.353. The van der Waals surface area contributed by atoms with Crippen molar-refractivity contribution < 1.29 is 4.79 Å². The van der Waals surface area contributed by atoms with Crippen molar-refractivity contribution in [2.45, 2.75) is 18.1 Å². The van der Waals surface area contributed by atoms with Crippen LogP contribution < -0.4 is 0 Å². The monoisotopic (exact) mass is 351 g/mol. The highest BCUT2D eigenvalue weighted by Crippen LogP contribution is 2.36. The summed E-state index contributed by atoms with van der Waals surface area (Å²) in [7, 11) is 0. The Balaban J connectivity index is 1.61. The van der Waals surface area contributed by atoms with Gasteiger partial charge < -0.3 is 4.90 Å². The lowest BCUT2D eigenvalue weighted by molar-refractivity contribution is -0.130. The quantitative estimate of drug-likeness (QED) is 0.802. The van der Waals surface area contributed by atoms with Crippen LogP contribution in [0.5, 0.6) is 0 Å². The number of carbonyl (C=O) groups excluding carboxylic acids is 1. The molecule has 2 nitrogen and oxygen atoms in total. The lowest BCUT2D eigenvalue weighted by Gasteiger charge is -2.20. The van der Waals surface area contributed by atoms with Crippen molar-refractivity contribution in [1.29, 1.82) is 0 Å². The predicted octanol–water partition coefficient (Wildman–Crippen LogP) is 4.65. The number of benzene rings is 1. The Kier molecular flexibility index (Phi) is 5.45. The number of hydrogen-bond donors (Lipinski definition) is 0. The molecular formula is C17H18ClNOS2. The standard InChI is InChI=1S/C17H18ClNOS2/c18-14-5-2-1-4-13(14)12-17(20)19-8-7-16(22-11-9-19)15-6-3-10-21-15/h1-6,10,16H,7-9,11-12H2/t16-/m1/s1. The van der Waals surface area contributed by atoms with Crippen molar-refractivity contribution >= 4 is 40.6 Å². The summed E-state index contributed by atoms with van der Waals surface area (Å²) in [4.78, 5) is 15.9. The summed E-state index contributed by atoms with van der Waals surface area (Å²) < 4.78 is 0. The summed E-state index contributed by atoms with van der Waals surface area (Å²) in [5, 5.41) is 3.33. The fourth-order valence-electron chi connectivity index (χ4n) is 2.64. The van der Waals surface area contributed by atoms with Gasteiger partial charge in [0.1, 0.15) is 0 Å². The summed E-state index contributed by atoms with van der Waals surface area (Å²) in [5.41, 5.74) is 0.917. The lowest BCUT2D eigenvalue weighted by Crippen LogP contribution is -2.34. The number of thioether (sulfide) groups is 1. The van der Waals surface area contributed by atoms with Gasteiger partial charge in [-0.3, -0.25) is 4.79 Å². The number of thiophene rings is 1. The van der Waals surface area contributed by atoms with Crippen molar-refractivity contribution in [2.24, 2.45) is 0 Å². The zero-order chi connectivity index (χ0) is 15.4. The van der Waals surface area contributed by atoms with E-state index in [4.69, 9.17) is 11.6 Å². The Morgan fingerprint density at radius 2 is 2.09 bits per heavy atom. The molecule has 0 radical (unpaired) electrons. The third-order valence-corrected chi connectivity index (χ3v) is 6.67. The molecular weight excluding hydrogens is 334 g/mol. The minimum Gasteiger partial charge on any atom is -0.342 e. The molecule has 5 heteroatoms. The maximum atomic E-state index is 12.5. The van der Waals surface area contributed by atoms with E-state index in [2.05, 4.69) is 17.5 Å². The lowest BCUT2D eigenvalue weighted by atomic mass is 10.1. The highest BCUT2D eigenvalue weighted by molar-refractivity contribution is 7.99. The van der Waals surface area contributed by atoms with E-state index in [1.165, 1.54) is 4.88 Å². The molecule has 1 aromatic carbocycles. The second-order valence-electron chi connectivity index (χ2n) is 5.31. The molecule has 0 saturated carbocycles. The number of rotatable bonds is 3. The van der Waals surface area contributed by atoms with Crippen LogP contribution in [-0.2, 0) is 11.2 Å². The largest absolute Gasteiger partial charge is 0.342 e. The molecule has 3 rings (SSSR count). The maximum Gasteiger partial charge on any atom is 0.227 e. The first kappa shape index (κ1) is 15.9. The van der Waals surface area contributed by atoms with Gasteiger partial charge in [-0.15, -0.1) is 11.3 Å². The number of nitrogens with zero attached hydrogens (tertiary/aromatic N) is 1. The van der Waals surface area contributed by atoms with Gasteiger partial charge in [0.25, 0.3) is 0 Å². The van der Waals surface area contributed by atoms with Crippen molar-refractivity contribution in [1.82, 2.24) is 4.90 Å². The summed E-state index contributed by atoms with van der Waals surface area (Å²) in [5.74, 6) is 1.18. The summed E-state index contributed by atoms with van der Waals surface area (Å²) in [6.07, 6.45) is 1.42. The predicted molar refractivity (Wildman–Crippen MR) is 95.9 cm³/mol. The Bertz CT molecular complexity index is 629. The molecule has 1 atom stereocenters. The minimum atomic E-state index is 0.181. The molecule has 0 spiro atoms. The SMILES string of the molecule is O=C(Cc1ccccc1Cl)N1CCS[C@@H](c2cccs2)CC1. The molecule has 1 aliphatic rings. The van der Waals surface area contributed by atoms with E-state index in [1.54, 1.807) is 0 Å². The first-order valence-electron chi connectivity index (χ1n) is 7.40. The van der Waals surface area contributed by atoms with Crippen LogP contribution in [0.25, 0.3) is 0 Å². The van der Waals surface area contributed by atoms with Gasteiger partial charge in [-0.05, 0) is 29.5 Å². The minimum absolute atomic E-state index is 0.181. The van der Waals surface area contributed by atoms with Crippen molar-refractivity contribution in [2.75, 3.05) is 18.8 Å². The maximum absolute atomic E-state index is 12.5. The molecule has 1 fully saturated rings. The molecule has 1 aliphatic heterocycles. The van der Waals surface area contributed by atoms with E-state index in [1.807, 2.05) is 52.3 Å². The van der Waals surface area contributed by atoms with Gasteiger partial charge in [-0.1, -0.05) is 35.9 Å². The average Bonchev–Trinajstić information content (AvgIpc) is 2.94. The molecule has 116 valence electrons. The normalized spacial score (nSPS) is 19.0. The van der Waals surface area contributed by atoms with E-state index < -0.39 is 0 Å². The van der Waals surface area contributed by atoms with Crippen LogP contribution in [-0.4, -0.2) is 29.6 Å². The van der Waals surface area contributed by atoms with E-state index in [0.29, 0.717) is 16.7 Å². The Labute approximate surface area is 144 Å². The second-order valence-corrected chi connectivity index (χ2v) is 8.01. The third-order valence-electron chi connectivity index (χ3n) is 3.85. The van der Waals surface area contributed by atoms with Gasteiger partial charge in [0.15, 0.2) is 0 Å². The smallest absolute Gasteiger partial charge is 0.227 e. The van der Waals surface area contributed by atoms with Crippen LogP contribution in [0.4, 0.5) is 0 Å². The molecule has 1 aromatic heterocycles. The number of halogens is 1. The van der Waals surface area contributed by atoms with Crippen LogP contribution in [0.2, 0.25) is 5.02 Å². The molecule has 22 heavy (non-hydrogen) atoms. The number of carbonyl (C=O) groups is 1. The molecule has 1 amide bonds. The van der Waals surface area contributed by atoms with Gasteiger partial charge in [-0.2, -0.15) is 11.8 Å². The van der Waals surface area contributed by atoms with Crippen molar-refractivity contribution in [3.05, 3.63) is 57.2 Å². The Morgan fingerprint density at radius 3 is 2.86 bits per heavy atom. The number of amides is 1. The van der Waals surface area contributed by atoms with Gasteiger partial charge in [0.2, 0.25) is 5.91 Å². The molecule has 1 saturated heterocycles. The van der Waals surface area contributed by atoms with Crippen LogP contribution in [0, 0.1) is 0 Å². The van der Waals surface area contributed by atoms with Gasteiger partial charge >= 0.3 is 0 Å². The van der Waals surface area contributed by atoms with E-state index in [9.17, 15) is 4.79 Å². The first-order valence-corrected chi connectivity index (χ1v) is 9.71. The first-order chi connectivity index (χ1) is 10.7. The van der Waals surface area contributed by atoms with Crippen molar-refractivity contribution in [3.8, 4) is 0 Å². The molecule has 2 heterocycles. The summed E-state index contributed by atoms with van der Waals surface area (Å²) in [6.45, 7) is 1.66. The van der Waals surface area contributed by atoms with Gasteiger partial charge in [0, 0.05) is 34.0 Å². The van der Waals surface area contributed by atoms with Gasteiger partial charge in [0.05, 0.1) is 6.42 Å². The third kappa shape index (κ3) is 3.86. The molecule has 2 aromatic rings. The zero-order valence-corrected chi connectivity index (χ0v) is 14.6.